The van der Waals surface area contributed by atoms with Crippen LogP contribution in [0.4, 0.5) is 5.69 Å². The second-order valence-corrected chi connectivity index (χ2v) is 5.84. The number of allylic oxidation sites excluding steroid dienone is 3. The Morgan fingerprint density at radius 1 is 1.00 bits per heavy atom. The van der Waals surface area contributed by atoms with Crippen molar-refractivity contribution in [3.8, 4) is 0 Å². The summed E-state index contributed by atoms with van der Waals surface area (Å²) in [5.74, 6) is 0.789. The molecule has 0 radical (unpaired) electrons. The van der Waals surface area contributed by atoms with Gasteiger partial charge in [-0.3, -0.25) is 0 Å². The first kappa shape index (κ1) is 11.8. The maximum absolute atomic E-state index is 2.52. The van der Waals surface area contributed by atoms with E-state index in [-0.39, 0.29) is 0 Å². The van der Waals surface area contributed by atoms with Crippen LogP contribution in [-0.2, 0) is 0 Å². The van der Waals surface area contributed by atoms with Gasteiger partial charge < -0.3 is 4.90 Å². The maximum atomic E-state index is 2.52. The van der Waals surface area contributed by atoms with Gasteiger partial charge >= 0.3 is 0 Å². The van der Waals surface area contributed by atoms with Gasteiger partial charge in [-0.25, -0.2) is 0 Å². The van der Waals surface area contributed by atoms with Crippen LogP contribution in [0, 0.1) is 5.92 Å². The largest absolute Gasteiger partial charge is 0.367 e. The molecular formula is C19H19N. The minimum absolute atomic E-state index is 0.789. The lowest BCUT2D eigenvalue weighted by atomic mass is 9.85. The third-order valence-corrected chi connectivity index (χ3v) is 4.61. The molecule has 1 aliphatic heterocycles. The van der Waals surface area contributed by atoms with E-state index < -0.39 is 0 Å². The summed E-state index contributed by atoms with van der Waals surface area (Å²) in [6.45, 7) is 2.27. The van der Waals surface area contributed by atoms with Crippen LogP contribution in [0.1, 0.15) is 12.8 Å². The van der Waals surface area contributed by atoms with Crippen molar-refractivity contribution < 1.29 is 0 Å². The Bertz CT molecular complexity index is 696. The van der Waals surface area contributed by atoms with Crippen molar-refractivity contribution in [1.29, 1.82) is 0 Å². The van der Waals surface area contributed by atoms with Gasteiger partial charge in [0.15, 0.2) is 0 Å². The Labute approximate surface area is 120 Å². The molecule has 0 N–H and O–H groups in total. The number of benzene rings is 2. The third-order valence-electron chi connectivity index (χ3n) is 4.61. The first-order chi connectivity index (χ1) is 9.90. The summed E-state index contributed by atoms with van der Waals surface area (Å²) >= 11 is 0. The lowest BCUT2D eigenvalue weighted by Crippen LogP contribution is -2.35. The summed E-state index contributed by atoms with van der Waals surface area (Å²) in [5, 5.41) is 2.66. The Kier molecular flexibility index (Phi) is 2.84. The molecule has 0 aromatic heterocycles. The van der Waals surface area contributed by atoms with Gasteiger partial charge in [-0.1, -0.05) is 48.6 Å². The van der Waals surface area contributed by atoms with E-state index in [0.29, 0.717) is 0 Å². The van der Waals surface area contributed by atoms with Gasteiger partial charge in [0.25, 0.3) is 0 Å². The Balaban J connectivity index is 1.65. The van der Waals surface area contributed by atoms with Crippen LogP contribution >= 0.6 is 0 Å². The topological polar surface area (TPSA) is 3.24 Å². The molecule has 4 rings (SSSR count). The highest BCUT2D eigenvalue weighted by atomic mass is 15.1. The van der Waals surface area contributed by atoms with Crippen LogP contribution in [-0.4, -0.2) is 13.1 Å². The van der Waals surface area contributed by atoms with Crippen LogP contribution in [0.3, 0.4) is 0 Å². The van der Waals surface area contributed by atoms with Crippen LogP contribution < -0.4 is 4.90 Å². The molecule has 2 aliphatic rings. The fraction of sp³-hybridized carbons (Fsp3) is 0.263. The molecular weight excluding hydrogens is 242 g/mol. The lowest BCUT2D eigenvalue weighted by Gasteiger charge is -2.36. The molecule has 0 amide bonds. The zero-order valence-corrected chi connectivity index (χ0v) is 11.6. The quantitative estimate of drug-likeness (QED) is 0.727. The molecule has 1 aliphatic carbocycles. The fourth-order valence-corrected chi connectivity index (χ4v) is 3.41. The maximum Gasteiger partial charge on any atom is 0.0394 e. The highest BCUT2D eigenvalue weighted by Gasteiger charge is 2.24. The standard InChI is InChI=1S/C19H19N/c1-3-7-17-13-19(10-9-15(17)5-1)20-12-11-16-6-2-4-8-18(16)14-20/h1-5,7-10,13,16H,6,11-12,14H2. The van der Waals surface area contributed by atoms with E-state index in [9.17, 15) is 0 Å². The predicted molar refractivity (Wildman–Crippen MR) is 86.1 cm³/mol. The molecule has 1 atom stereocenters. The molecule has 1 nitrogen and oxygen atoms in total. The van der Waals surface area contributed by atoms with Crippen molar-refractivity contribution in [3.05, 3.63) is 66.3 Å². The Hall–Kier alpha value is -2.02. The summed E-state index contributed by atoms with van der Waals surface area (Å²) < 4.78 is 0. The Morgan fingerprint density at radius 3 is 2.85 bits per heavy atom. The van der Waals surface area contributed by atoms with E-state index in [4.69, 9.17) is 0 Å². The number of piperidine rings is 1. The van der Waals surface area contributed by atoms with Gasteiger partial charge in [-0.05, 0) is 47.2 Å². The first-order valence-corrected chi connectivity index (χ1v) is 7.49. The summed E-state index contributed by atoms with van der Waals surface area (Å²) in [6.07, 6.45) is 9.36. The SMILES string of the molecule is C1=CCC2CCN(c3ccc4ccccc4c3)CC2=C1. The van der Waals surface area contributed by atoms with Gasteiger partial charge in [-0.2, -0.15) is 0 Å². The lowest BCUT2D eigenvalue weighted by molar-refractivity contribution is 0.502. The fourth-order valence-electron chi connectivity index (χ4n) is 3.41. The van der Waals surface area contributed by atoms with Crippen molar-refractivity contribution >= 4 is 16.5 Å². The first-order valence-electron chi connectivity index (χ1n) is 7.49. The minimum atomic E-state index is 0.789. The van der Waals surface area contributed by atoms with E-state index in [1.54, 1.807) is 5.57 Å². The molecule has 1 saturated heterocycles. The summed E-state index contributed by atoms with van der Waals surface area (Å²) in [6, 6.07) is 15.4. The van der Waals surface area contributed by atoms with E-state index in [0.717, 1.165) is 12.5 Å². The molecule has 20 heavy (non-hydrogen) atoms. The van der Waals surface area contributed by atoms with Crippen LogP contribution in [0.25, 0.3) is 10.8 Å². The number of anilines is 1. The van der Waals surface area contributed by atoms with Crippen molar-refractivity contribution in [2.45, 2.75) is 12.8 Å². The van der Waals surface area contributed by atoms with Crippen LogP contribution in [0.15, 0.2) is 66.3 Å². The molecule has 1 fully saturated rings. The second-order valence-electron chi connectivity index (χ2n) is 5.84. The van der Waals surface area contributed by atoms with Gasteiger partial charge in [0, 0.05) is 18.8 Å². The van der Waals surface area contributed by atoms with Gasteiger partial charge in [0.05, 0.1) is 0 Å². The third kappa shape index (κ3) is 2.03. The zero-order chi connectivity index (χ0) is 13.4. The molecule has 1 unspecified atom stereocenters. The highest BCUT2D eigenvalue weighted by molar-refractivity contribution is 5.85. The average molecular weight is 261 g/mol. The van der Waals surface area contributed by atoms with Crippen LogP contribution in [0.5, 0.6) is 0 Å². The van der Waals surface area contributed by atoms with Crippen molar-refractivity contribution in [1.82, 2.24) is 0 Å². The number of nitrogens with zero attached hydrogens (tertiary/aromatic N) is 1. The molecule has 1 heteroatoms. The van der Waals surface area contributed by atoms with Crippen molar-refractivity contribution in [3.63, 3.8) is 0 Å². The van der Waals surface area contributed by atoms with E-state index in [2.05, 4.69) is 65.6 Å². The van der Waals surface area contributed by atoms with Gasteiger partial charge in [-0.15, -0.1) is 0 Å². The zero-order valence-electron chi connectivity index (χ0n) is 11.6. The van der Waals surface area contributed by atoms with Crippen molar-refractivity contribution in [2.24, 2.45) is 5.92 Å². The van der Waals surface area contributed by atoms with Gasteiger partial charge in [0.1, 0.15) is 0 Å². The molecule has 100 valence electrons. The molecule has 1 heterocycles. The van der Waals surface area contributed by atoms with E-state index >= 15 is 0 Å². The smallest absolute Gasteiger partial charge is 0.0394 e. The van der Waals surface area contributed by atoms with Crippen LogP contribution in [0.2, 0.25) is 0 Å². The Morgan fingerprint density at radius 2 is 1.90 bits per heavy atom. The number of hydrogen-bond donors (Lipinski definition) is 0. The number of rotatable bonds is 1. The predicted octanol–water partition coefficient (Wildman–Crippen LogP) is 4.55. The van der Waals surface area contributed by atoms with Crippen molar-refractivity contribution in [2.75, 3.05) is 18.0 Å². The number of hydrogen-bond acceptors (Lipinski definition) is 1. The minimum Gasteiger partial charge on any atom is -0.367 e. The molecule has 0 saturated carbocycles. The monoisotopic (exact) mass is 261 g/mol. The summed E-state index contributed by atoms with van der Waals surface area (Å²) in [4.78, 5) is 2.52. The van der Waals surface area contributed by atoms with E-state index in [1.165, 1.54) is 35.8 Å². The molecule has 0 spiro atoms. The van der Waals surface area contributed by atoms with Gasteiger partial charge in [0.2, 0.25) is 0 Å². The van der Waals surface area contributed by atoms with E-state index in [1.807, 2.05) is 0 Å². The second kappa shape index (κ2) is 4.82. The summed E-state index contributed by atoms with van der Waals surface area (Å²) in [5.41, 5.74) is 2.96. The molecule has 2 aromatic rings. The summed E-state index contributed by atoms with van der Waals surface area (Å²) in [7, 11) is 0. The highest BCUT2D eigenvalue weighted by Crippen LogP contribution is 2.32. The molecule has 0 bridgehead atoms. The average Bonchev–Trinajstić information content (AvgIpc) is 2.54. The molecule has 2 aromatic carbocycles. The normalized spacial score (nSPS) is 21.7. The number of fused-ring (bicyclic) bond motifs is 2.